The lowest BCUT2D eigenvalue weighted by atomic mass is 10.6. The minimum Gasteiger partial charge on any atom is -0.295 e. The van der Waals surface area contributed by atoms with Gasteiger partial charge in [0.1, 0.15) is 0 Å². The van der Waals surface area contributed by atoms with Crippen LogP contribution < -0.4 is 0 Å². The predicted molar refractivity (Wildman–Crippen MR) is 38.8 cm³/mol. The Labute approximate surface area is 65.2 Å². The van der Waals surface area contributed by atoms with Gasteiger partial charge in [-0.1, -0.05) is 0 Å². The van der Waals surface area contributed by atoms with Crippen LogP contribution in [0.2, 0.25) is 0 Å². The van der Waals surface area contributed by atoms with Crippen molar-refractivity contribution in [3.63, 3.8) is 0 Å². The molecule has 0 aromatic heterocycles. The first-order chi connectivity index (χ1) is 4.86. The second-order valence-corrected chi connectivity index (χ2v) is 3.81. The molecule has 0 aliphatic carbocycles. The number of carbonyl (C=O) groups excluding carboxylic acids is 2. The maximum Gasteiger partial charge on any atom is 0.267 e. The molecule has 1 N–H and O–H groups in total. The van der Waals surface area contributed by atoms with Crippen LogP contribution in [0.15, 0.2) is 0 Å². The number of rotatable bonds is 2. The molecule has 0 saturated heterocycles. The van der Waals surface area contributed by atoms with Gasteiger partial charge in [-0.3, -0.25) is 14.1 Å². The van der Waals surface area contributed by atoms with Crippen LogP contribution in [-0.4, -0.2) is 30.8 Å². The van der Waals surface area contributed by atoms with Crippen molar-refractivity contribution < 1.29 is 22.6 Å². The van der Waals surface area contributed by atoms with E-state index in [0.29, 0.717) is 0 Å². The third-order valence-corrected chi connectivity index (χ3v) is 1.84. The fourth-order valence-corrected chi connectivity index (χ4v) is 0. The van der Waals surface area contributed by atoms with Crippen LogP contribution in [0.5, 0.6) is 0 Å². The topological polar surface area (TPSA) is 88.5 Å². The minimum atomic E-state index is -3.74. The van der Waals surface area contributed by atoms with Gasteiger partial charge in [0.2, 0.25) is 0 Å². The molecule has 0 amide bonds. The average Bonchev–Trinajstić information content (AvgIpc) is 1.87. The first-order valence-corrected chi connectivity index (χ1v) is 4.21. The van der Waals surface area contributed by atoms with Crippen molar-refractivity contribution in [1.29, 1.82) is 0 Å². The van der Waals surface area contributed by atoms with Gasteiger partial charge >= 0.3 is 0 Å². The lowest BCUT2D eigenvalue weighted by Gasteiger charge is -1.94. The van der Waals surface area contributed by atoms with Gasteiger partial charge in [0.25, 0.3) is 10.1 Å². The van der Waals surface area contributed by atoms with E-state index in [2.05, 4.69) is 0 Å². The Morgan fingerprint density at radius 2 is 1.36 bits per heavy atom. The predicted octanol–water partition coefficient (Wildman–Crippen LogP) is -0.333. The molecule has 6 heteroatoms. The van der Waals surface area contributed by atoms with E-state index in [0.717, 1.165) is 0 Å². The Morgan fingerprint density at radius 3 is 1.36 bits per heavy atom. The molecular weight excluding hydrogens is 172 g/mol. The molecule has 0 saturated carbocycles. The van der Waals surface area contributed by atoms with E-state index in [-0.39, 0.29) is 12.6 Å². The van der Waals surface area contributed by atoms with E-state index in [1.807, 2.05) is 0 Å². The molecule has 0 aromatic carbocycles. The van der Waals surface area contributed by atoms with Crippen molar-refractivity contribution in [3.05, 3.63) is 0 Å². The molecule has 0 heterocycles. The lowest BCUT2D eigenvalue weighted by molar-refractivity contribution is -0.122. The van der Waals surface area contributed by atoms with Crippen molar-refractivity contribution in [2.24, 2.45) is 0 Å². The summed E-state index contributed by atoms with van der Waals surface area (Å²) in [4.78, 5) is 17.6. The molecule has 0 radical (unpaired) electrons. The molecule has 11 heavy (non-hydrogen) atoms. The second kappa shape index (κ2) is 5.99. The first-order valence-electron chi connectivity index (χ1n) is 2.71. The molecule has 0 fully saturated rings. The van der Waals surface area contributed by atoms with Gasteiger partial charge in [-0.25, -0.2) is 0 Å². The summed E-state index contributed by atoms with van der Waals surface area (Å²) in [5.41, 5.74) is 0. The van der Waals surface area contributed by atoms with Crippen LogP contribution in [-0.2, 0) is 19.7 Å². The molecule has 0 spiro atoms. The Kier molecular flexibility index (Phi) is 7.02. The molecule has 5 nitrogen and oxygen atoms in total. The van der Waals surface area contributed by atoms with E-state index in [9.17, 15) is 8.42 Å². The Balaban J connectivity index is 0. The summed E-state index contributed by atoms with van der Waals surface area (Å²) in [6.45, 7) is 2.82. The Morgan fingerprint density at radius 1 is 1.18 bits per heavy atom. The highest BCUT2D eigenvalue weighted by Crippen LogP contribution is 1.91. The zero-order valence-electron chi connectivity index (χ0n) is 6.22. The summed E-state index contributed by atoms with van der Waals surface area (Å²) in [6.07, 6.45) is 0.389. The second-order valence-electron chi connectivity index (χ2n) is 1.84. The monoisotopic (exact) mass is 182 g/mol. The van der Waals surface area contributed by atoms with Crippen LogP contribution in [0.3, 0.4) is 0 Å². The third-order valence-electron chi connectivity index (χ3n) is 0.651. The van der Waals surface area contributed by atoms with Crippen molar-refractivity contribution in [2.45, 2.75) is 19.1 Å². The highest BCUT2D eigenvalue weighted by atomic mass is 32.2. The molecule has 0 aromatic rings. The zero-order valence-corrected chi connectivity index (χ0v) is 7.04. The number of hydrogen-bond acceptors (Lipinski definition) is 4. The maximum atomic E-state index is 9.89. The first kappa shape index (κ1) is 12.9. The van der Waals surface area contributed by atoms with E-state index in [4.69, 9.17) is 14.1 Å². The summed E-state index contributed by atoms with van der Waals surface area (Å²) >= 11 is 0. The Hall–Kier alpha value is -0.750. The SMILES string of the molecule is CC(C)S(=O)(=O)O.O=CC=O. The molecule has 0 bridgehead atoms. The number of aldehydes is 2. The summed E-state index contributed by atoms with van der Waals surface area (Å²) in [6, 6.07) is 0. The van der Waals surface area contributed by atoms with Gasteiger partial charge < -0.3 is 0 Å². The van der Waals surface area contributed by atoms with Crippen LogP contribution >= 0.6 is 0 Å². The smallest absolute Gasteiger partial charge is 0.267 e. The van der Waals surface area contributed by atoms with Gasteiger partial charge in [-0.15, -0.1) is 0 Å². The van der Waals surface area contributed by atoms with E-state index in [1.165, 1.54) is 13.8 Å². The Bertz CT molecular complexity index is 197. The molecule has 66 valence electrons. The van der Waals surface area contributed by atoms with Gasteiger partial charge in [-0.05, 0) is 13.8 Å². The van der Waals surface area contributed by atoms with Crippen molar-refractivity contribution >= 4 is 22.7 Å². The fourth-order valence-electron chi connectivity index (χ4n) is 0. The van der Waals surface area contributed by atoms with Gasteiger partial charge in [0.05, 0.1) is 5.25 Å². The molecule has 0 unspecified atom stereocenters. The lowest BCUT2D eigenvalue weighted by Crippen LogP contribution is -2.10. The van der Waals surface area contributed by atoms with Gasteiger partial charge in [-0.2, -0.15) is 8.42 Å². The highest BCUT2D eigenvalue weighted by molar-refractivity contribution is 7.86. The van der Waals surface area contributed by atoms with Crippen LogP contribution in [0.25, 0.3) is 0 Å². The van der Waals surface area contributed by atoms with E-state index < -0.39 is 15.4 Å². The molecule has 0 aliphatic heterocycles. The third kappa shape index (κ3) is 12.4. The quantitative estimate of drug-likeness (QED) is 0.359. The van der Waals surface area contributed by atoms with Gasteiger partial charge in [0, 0.05) is 0 Å². The normalized spacial score (nSPS) is 9.82. The summed E-state index contributed by atoms with van der Waals surface area (Å²) in [5.74, 6) is 0. The fraction of sp³-hybridized carbons (Fsp3) is 0.600. The summed E-state index contributed by atoms with van der Waals surface area (Å²) in [7, 11) is -3.74. The van der Waals surface area contributed by atoms with Gasteiger partial charge in [0.15, 0.2) is 12.6 Å². The standard InChI is InChI=1S/C3H8O3S.C2H2O2/c1-3(2)7(4,5)6;3-1-2-4/h3H,1-2H3,(H,4,5,6);1-2H. The minimum absolute atomic E-state index is 0.194. The molecule has 0 rings (SSSR count). The summed E-state index contributed by atoms with van der Waals surface area (Å²) in [5, 5.41) is -0.674. The molecule has 0 aliphatic rings. The zero-order chi connectivity index (χ0) is 9.49. The van der Waals surface area contributed by atoms with Crippen LogP contribution in [0.1, 0.15) is 13.8 Å². The molecule has 0 atom stereocenters. The van der Waals surface area contributed by atoms with Crippen molar-refractivity contribution in [3.8, 4) is 0 Å². The van der Waals surface area contributed by atoms with Crippen LogP contribution in [0.4, 0.5) is 0 Å². The number of carbonyl (C=O) groups is 2. The van der Waals surface area contributed by atoms with Crippen molar-refractivity contribution in [2.75, 3.05) is 0 Å². The highest BCUT2D eigenvalue weighted by Gasteiger charge is 2.08. The van der Waals surface area contributed by atoms with Crippen molar-refractivity contribution in [1.82, 2.24) is 0 Å². The van der Waals surface area contributed by atoms with E-state index in [1.54, 1.807) is 0 Å². The largest absolute Gasteiger partial charge is 0.295 e. The van der Waals surface area contributed by atoms with Crippen LogP contribution in [0, 0.1) is 0 Å². The number of hydrogen-bond donors (Lipinski definition) is 1. The van der Waals surface area contributed by atoms with E-state index >= 15 is 0 Å². The summed E-state index contributed by atoms with van der Waals surface area (Å²) < 4.78 is 27.8. The maximum absolute atomic E-state index is 9.89. The average molecular weight is 182 g/mol. The molecular formula is C5H10O5S.